The fourth-order valence-corrected chi connectivity index (χ4v) is 2.14. The van der Waals surface area contributed by atoms with Gasteiger partial charge in [-0.15, -0.1) is 11.3 Å². The van der Waals surface area contributed by atoms with Crippen LogP contribution in [-0.4, -0.2) is 11.0 Å². The average molecular weight is 280 g/mol. The Balaban J connectivity index is 2.05. The number of nitrogens with one attached hydrogen (secondary N) is 1. The lowest BCUT2D eigenvalue weighted by Gasteiger charge is -2.13. The van der Waals surface area contributed by atoms with E-state index in [-0.39, 0.29) is 5.82 Å². The SMILES string of the molecule is CC(C)NCc1cc(F)ccc1OCc1cscn1. The van der Waals surface area contributed by atoms with Gasteiger partial charge in [0.05, 0.1) is 11.2 Å². The van der Waals surface area contributed by atoms with Crippen LogP contribution in [0.25, 0.3) is 0 Å². The molecule has 0 aliphatic carbocycles. The van der Waals surface area contributed by atoms with Gasteiger partial charge in [0.15, 0.2) is 0 Å². The van der Waals surface area contributed by atoms with E-state index in [1.54, 1.807) is 11.6 Å². The summed E-state index contributed by atoms with van der Waals surface area (Å²) in [5.74, 6) is 0.448. The van der Waals surface area contributed by atoms with E-state index in [4.69, 9.17) is 4.74 Å². The molecule has 1 aromatic heterocycles. The first-order chi connectivity index (χ1) is 9.15. The van der Waals surface area contributed by atoms with E-state index < -0.39 is 0 Å². The lowest BCUT2D eigenvalue weighted by atomic mass is 10.2. The normalized spacial score (nSPS) is 10.9. The molecule has 0 saturated heterocycles. The molecule has 2 rings (SSSR count). The Morgan fingerprint density at radius 3 is 2.95 bits per heavy atom. The molecule has 1 heterocycles. The molecule has 0 spiro atoms. The quantitative estimate of drug-likeness (QED) is 0.881. The molecule has 102 valence electrons. The van der Waals surface area contributed by atoms with Crippen LogP contribution in [0.5, 0.6) is 5.75 Å². The van der Waals surface area contributed by atoms with Crippen LogP contribution in [0.3, 0.4) is 0 Å². The van der Waals surface area contributed by atoms with Gasteiger partial charge in [0.1, 0.15) is 18.2 Å². The lowest BCUT2D eigenvalue weighted by molar-refractivity contribution is 0.297. The number of thiazole rings is 1. The van der Waals surface area contributed by atoms with E-state index in [1.807, 2.05) is 5.38 Å². The highest BCUT2D eigenvalue weighted by molar-refractivity contribution is 7.07. The van der Waals surface area contributed by atoms with Crippen LogP contribution >= 0.6 is 11.3 Å². The van der Waals surface area contributed by atoms with E-state index in [1.165, 1.54) is 23.5 Å². The molecular formula is C14H17FN2OS. The minimum atomic E-state index is -0.249. The van der Waals surface area contributed by atoms with Crippen molar-refractivity contribution in [3.8, 4) is 5.75 Å². The van der Waals surface area contributed by atoms with Gasteiger partial charge in [-0.3, -0.25) is 0 Å². The van der Waals surface area contributed by atoms with Crippen molar-refractivity contribution in [3.63, 3.8) is 0 Å². The number of hydrogen-bond acceptors (Lipinski definition) is 4. The van der Waals surface area contributed by atoms with Gasteiger partial charge in [0.2, 0.25) is 0 Å². The van der Waals surface area contributed by atoms with Gasteiger partial charge in [-0.2, -0.15) is 0 Å². The zero-order valence-electron chi connectivity index (χ0n) is 11.0. The third-order valence-electron chi connectivity index (χ3n) is 2.58. The smallest absolute Gasteiger partial charge is 0.131 e. The summed E-state index contributed by atoms with van der Waals surface area (Å²) in [5, 5.41) is 5.20. The zero-order valence-corrected chi connectivity index (χ0v) is 11.8. The van der Waals surface area contributed by atoms with Crippen LogP contribution in [0, 0.1) is 5.82 Å². The standard InChI is InChI=1S/C14H17FN2OS/c1-10(2)16-6-11-5-12(15)3-4-14(11)18-7-13-8-19-9-17-13/h3-5,8-10,16H,6-7H2,1-2H3. The average Bonchev–Trinajstić information content (AvgIpc) is 2.88. The molecule has 3 nitrogen and oxygen atoms in total. The summed E-state index contributed by atoms with van der Waals surface area (Å²) in [7, 11) is 0. The summed E-state index contributed by atoms with van der Waals surface area (Å²) in [6.45, 7) is 5.09. The van der Waals surface area contributed by atoms with Gasteiger partial charge in [0, 0.05) is 23.5 Å². The largest absolute Gasteiger partial charge is 0.487 e. The molecule has 2 aromatic rings. The van der Waals surface area contributed by atoms with Crippen molar-refractivity contribution in [2.24, 2.45) is 0 Å². The molecule has 0 amide bonds. The highest BCUT2D eigenvalue weighted by atomic mass is 32.1. The third kappa shape index (κ3) is 4.29. The molecule has 1 aromatic carbocycles. The number of rotatable bonds is 6. The van der Waals surface area contributed by atoms with Gasteiger partial charge in [-0.1, -0.05) is 13.8 Å². The monoisotopic (exact) mass is 280 g/mol. The van der Waals surface area contributed by atoms with Gasteiger partial charge in [0.25, 0.3) is 0 Å². The van der Waals surface area contributed by atoms with Crippen LogP contribution in [0.1, 0.15) is 25.1 Å². The van der Waals surface area contributed by atoms with Crippen LogP contribution < -0.4 is 10.1 Å². The maximum absolute atomic E-state index is 13.3. The second-order valence-corrected chi connectivity index (χ2v) is 5.27. The molecule has 0 atom stereocenters. The van der Waals surface area contributed by atoms with Crippen molar-refractivity contribution < 1.29 is 9.13 Å². The van der Waals surface area contributed by atoms with Crippen molar-refractivity contribution in [2.75, 3.05) is 0 Å². The summed E-state index contributed by atoms with van der Waals surface area (Å²) in [6, 6.07) is 4.93. The fraction of sp³-hybridized carbons (Fsp3) is 0.357. The predicted octanol–water partition coefficient (Wildman–Crippen LogP) is 3.36. The van der Waals surface area contributed by atoms with Crippen molar-refractivity contribution in [1.82, 2.24) is 10.3 Å². The van der Waals surface area contributed by atoms with Crippen molar-refractivity contribution in [2.45, 2.75) is 33.0 Å². The Bertz CT molecular complexity index is 514. The number of hydrogen-bond donors (Lipinski definition) is 1. The summed E-state index contributed by atoms with van der Waals surface area (Å²) >= 11 is 1.53. The van der Waals surface area contributed by atoms with Gasteiger partial charge in [-0.25, -0.2) is 9.37 Å². The Hall–Kier alpha value is -1.46. The molecule has 1 N–H and O–H groups in total. The Labute approximate surface area is 116 Å². The topological polar surface area (TPSA) is 34.1 Å². The van der Waals surface area contributed by atoms with Crippen LogP contribution in [0.4, 0.5) is 4.39 Å². The van der Waals surface area contributed by atoms with E-state index in [9.17, 15) is 4.39 Å². The van der Waals surface area contributed by atoms with E-state index >= 15 is 0 Å². The first kappa shape index (κ1) is 14.0. The van der Waals surface area contributed by atoms with Crippen LogP contribution in [0.15, 0.2) is 29.1 Å². The van der Waals surface area contributed by atoms with Crippen molar-refractivity contribution in [1.29, 1.82) is 0 Å². The molecule has 5 heteroatoms. The highest BCUT2D eigenvalue weighted by Crippen LogP contribution is 2.21. The van der Waals surface area contributed by atoms with Gasteiger partial charge < -0.3 is 10.1 Å². The maximum atomic E-state index is 13.3. The lowest BCUT2D eigenvalue weighted by Crippen LogP contribution is -2.22. The van der Waals surface area contributed by atoms with Gasteiger partial charge >= 0.3 is 0 Å². The maximum Gasteiger partial charge on any atom is 0.131 e. The minimum absolute atomic E-state index is 0.249. The summed E-state index contributed by atoms with van der Waals surface area (Å²) in [6.07, 6.45) is 0. The minimum Gasteiger partial charge on any atom is -0.487 e. The summed E-state index contributed by atoms with van der Waals surface area (Å²) in [4.78, 5) is 4.16. The highest BCUT2D eigenvalue weighted by Gasteiger charge is 2.07. The molecule has 0 saturated carbocycles. The molecule has 0 unspecified atom stereocenters. The van der Waals surface area contributed by atoms with E-state index in [0.717, 1.165) is 11.3 Å². The van der Waals surface area contributed by atoms with Crippen molar-refractivity contribution >= 4 is 11.3 Å². The number of ether oxygens (including phenoxy) is 1. The predicted molar refractivity (Wildman–Crippen MR) is 74.8 cm³/mol. The summed E-state index contributed by atoms with van der Waals surface area (Å²) < 4.78 is 19.0. The van der Waals surface area contributed by atoms with Crippen molar-refractivity contribution in [3.05, 3.63) is 46.2 Å². The van der Waals surface area contributed by atoms with Crippen LogP contribution in [-0.2, 0) is 13.2 Å². The molecule has 0 bridgehead atoms. The Morgan fingerprint density at radius 2 is 2.26 bits per heavy atom. The summed E-state index contributed by atoms with van der Waals surface area (Å²) in [5.41, 5.74) is 3.48. The third-order valence-corrected chi connectivity index (χ3v) is 3.22. The molecule has 0 fully saturated rings. The van der Waals surface area contributed by atoms with E-state index in [0.29, 0.717) is 24.9 Å². The number of benzene rings is 1. The first-order valence-corrected chi connectivity index (χ1v) is 7.11. The number of aromatic nitrogens is 1. The fourth-order valence-electron chi connectivity index (χ4n) is 1.60. The van der Waals surface area contributed by atoms with Gasteiger partial charge in [-0.05, 0) is 18.2 Å². The molecule has 0 aliphatic rings. The Kier molecular flexibility index (Phi) is 4.87. The second-order valence-electron chi connectivity index (χ2n) is 4.56. The number of nitrogens with zero attached hydrogens (tertiary/aromatic N) is 1. The zero-order chi connectivity index (χ0) is 13.7. The molecule has 19 heavy (non-hydrogen) atoms. The molecular weight excluding hydrogens is 263 g/mol. The Morgan fingerprint density at radius 1 is 1.42 bits per heavy atom. The second kappa shape index (κ2) is 6.63. The number of halogens is 1. The first-order valence-electron chi connectivity index (χ1n) is 6.17. The van der Waals surface area contributed by atoms with E-state index in [2.05, 4.69) is 24.1 Å². The van der Waals surface area contributed by atoms with Crippen LogP contribution in [0.2, 0.25) is 0 Å². The molecule has 0 radical (unpaired) electrons. The molecule has 0 aliphatic heterocycles.